The third-order valence-electron chi connectivity index (χ3n) is 15.9. The number of carbonyl (C=O) groups excluding carboxylic acids is 1. The van der Waals surface area contributed by atoms with E-state index in [9.17, 15) is 0 Å². The summed E-state index contributed by atoms with van der Waals surface area (Å²) in [7, 11) is -8.87. The van der Waals surface area contributed by atoms with E-state index in [4.69, 9.17) is 36.7 Å². The van der Waals surface area contributed by atoms with Crippen LogP contribution in [0.3, 0.4) is 0 Å². The van der Waals surface area contributed by atoms with E-state index in [0.29, 0.717) is 32.3 Å². The lowest BCUT2D eigenvalue weighted by molar-refractivity contribution is -0.353. The van der Waals surface area contributed by atoms with Gasteiger partial charge < -0.3 is 36.7 Å². The molecule has 13 heteroatoms. The summed E-state index contributed by atoms with van der Waals surface area (Å²) in [4.78, 5) is 15.5. The van der Waals surface area contributed by atoms with Gasteiger partial charge in [0.25, 0.3) is 0 Å². The van der Waals surface area contributed by atoms with Crippen molar-refractivity contribution in [3.05, 3.63) is 47.1 Å². The number of hydrogen-bond donors (Lipinski definition) is 0. The molecule has 1 spiro atoms. The van der Waals surface area contributed by atoms with Gasteiger partial charge >= 0.3 is 5.97 Å². The maximum atomic E-state index is 15.5. The van der Waals surface area contributed by atoms with Crippen LogP contribution in [0, 0.1) is 23.7 Å². The number of carbonyl (C=O) groups is 1. The van der Waals surface area contributed by atoms with Crippen LogP contribution in [0.4, 0.5) is 0 Å². The molecule has 5 aliphatic rings. The quantitative estimate of drug-likeness (QED) is 0.121. The fourth-order valence-corrected chi connectivity index (χ4v) is 15.4. The molecule has 0 saturated carbocycles. The van der Waals surface area contributed by atoms with Crippen LogP contribution in [0.2, 0.25) is 75.5 Å². The molecule has 3 saturated heterocycles. The van der Waals surface area contributed by atoms with E-state index in [2.05, 4.69) is 179 Å². The average Bonchev–Trinajstić information content (AvgIpc) is 3.49. The molecule has 65 heavy (non-hydrogen) atoms. The summed E-state index contributed by atoms with van der Waals surface area (Å²) >= 11 is 0. The van der Waals surface area contributed by atoms with E-state index in [1.807, 2.05) is 0 Å². The molecule has 5 rings (SSSR count). The van der Waals surface area contributed by atoms with E-state index in [1.165, 1.54) is 5.57 Å². The van der Waals surface area contributed by atoms with Crippen LogP contribution in [0.25, 0.3) is 0 Å². The zero-order chi connectivity index (χ0) is 49.1. The SMILES string of the molecule is CC[C@H](C)[C@H]1O[C@@]2(C[C@@H]3C[C@@H](C/C=C(\C)[C@H](O[Si](C)(C)C)[C@@H](C)/C=C/C=C4\COC5[C@H](O[Si](C)(C)C(C)(C)C)C(C)=C[C@@H](C(=O)O3)[C@]45O[Si](C)(C)C)O2)C[C@H](O[Si](C)(C)C(C)(C)C)[C@@H]1C. The van der Waals surface area contributed by atoms with E-state index >= 15 is 4.79 Å². The Morgan fingerprint density at radius 2 is 1.42 bits per heavy atom. The van der Waals surface area contributed by atoms with Crippen LogP contribution < -0.4 is 0 Å². The van der Waals surface area contributed by atoms with Crippen molar-refractivity contribution < 1.29 is 41.4 Å². The third-order valence-corrected chi connectivity index (χ3v) is 26.8. The standard InChI is InChI=1S/C52H94O9Si4/c1-23-34(2)45-38(6)43(58-64(19,20)49(7,8)9)32-51(57-45)31-41-30-40(56-51)28-27-36(4)44(59-62(13,14)15)35(3)25-24-26-39-33-54-47-46(60-65(21,22)50(10,11)12)37(5)29-42(48(53)55-41)52(39,47)61-63(16,17)18/h24-27,29,34-35,38,40-47H,23,28,30-33H2,1-22H3/b25-24+,36-27+,39-26+/t34-,35-,38-,40+,41-,42-,43-,44+,45+,46+,47?,51-,52+/m0/s1. The molecule has 372 valence electrons. The topological polar surface area (TPSA) is 90.9 Å². The monoisotopic (exact) mass is 975 g/mol. The van der Waals surface area contributed by atoms with E-state index < -0.39 is 62.8 Å². The lowest BCUT2D eigenvalue weighted by Crippen LogP contribution is -2.64. The van der Waals surface area contributed by atoms with Gasteiger partial charge in [-0.2, -0.15) is 0 Å². The first kappa shape index (κ1) is 55.0. The first-order chi connectivity index (χ1) is 29.6. The lowest BCUT2D eigenvalue weighted by atomic mass is 9.71. The van der Waals surface area contributed by atoms with E-state index in [1.54, 1.807) is 0 Å². The average molecular weight is 976 g/mol. The summed E-state index contributed by atoms with van der Waals surface area (Å²) in [6.07, 6.45) is 12.2. The second kappa shape index (κ2) is 19.7. The maximum Gasteiger partial charge on any atom is 0.316 e. The Balaban J connectivity index is 1.71. The fraction of sp³-hybridized carbons (Fsp3) is 0.827. The zero-order valence-corrected chi connectivity index (χ0v) is 49.2. The molecule has 13 atom stereocenters. The predicted molar refractivity (Wildman–Crippen MR) is 276 cm³/mol. The minimum Gasteiger partial charge on any atom is -0.462 e. The van der Waals surface area contributed by atoms with Crippen molar-refractivity contribution in [1.82, 2.24) is 0 Å². The Bertz CT molecular complexity index is 1810. The summed E-state index contributed by atoms with van der Waals surface area (Å²) in [5, 5.41) is -0.00194. The number of esters is 1. The van der Waals surface area contributed by atoms with Gasteiger partial charge in [-0.15, -0.1) is 0 Å². The molecule has 4 heterocycles. The molecule has 0 aromatic heterocycles. The van der Waals surface area contributed by atoms with Crippen LogP contribution >= 0.6 is 0 Å². The summed E-state index contributed by atoms with van der Waals surface area (Å²) in [5.41, 5.74) is 1.97. The van der Waals surface area contributed by atoms with Crippen molar-refractivity contribution in [3.8, 4) is 0 Å². The van der Waals surface area contributed by atoms with Gasteiger partial charge in [-0.3, -0.25) is 4.79 Å². The highest BCUT2D eigenvalue weighted by molar-refractivity contribution is 6.74. The molecule has 0 aromatic carbocycles. The summed E-state index contributed by atoms with van der Waals surface area (Å²) in [6.45, 7) is 50.0. The molecular formula is C52H94O9Si4. The van der Waals surface area contributed by atoms with E-state index in [-0.39, 0.29) is 64.3 Å². The summed E-state index contributed by atoms with van der Waals surface area (Å²) < 4.78 is 57.8. The Morgan fingerprint density at radius 1 is 0.800 bits per heavy atom. The van der Waals surface area contributed by atoms with E-state index in [0.717, 1.165) is 17.6 Å². The van der Waals surface area contributed by atoms with Gasteiger partial charge in [-0.25, -0.2) is 0 Å². The Morgan fingerprint density at radius 3 is 1.98 bits per heavy atom. The Labute approximate surface area is 401 Å². The van der Waals surface area contributed by atoms with Crippen molar-refractivity contribution in [2.24, 2.45) is 23.7 Å². The minimum atomic E-state index is -2.39. The second-order valence-electron chi connectivity index (χ2n) is 25.8. The van der Waals surface area contributed by atoms with Crippen LogP contribution in [0.5, 0.6) is 0 Å². The molecule has 9 nitrogen and oxygen atoms in total. The molecule has 4 aliphatic heterocycles. The zero-order valence-electron chi connectivity index (χ0n) is 45.2. The predicted octanol–water partition coefficient (Wildman–Crippen LogP) is 13.3. The number of ether oxygens (including phenoxy) is 4. The largest absolute Gasteiger partial charge is 0.462 e. The lowest BCUT2D eigenvalue weighted by Gasteiger charge is -2.55. The molecular weight excluding hydrogens is 881 g/mol. The van der Waals surface area contributed by atoms with Crippen LogP contribution in [-0.2, 0) is 41.4 Å². The van der Waals surface area contributed by atoms with Crippen LogP contribution in [0.1, 0.15) is 115 Å². The van der Waals surface area contributed by atoms with Gasteiger partial charge in [-0.1, -0.05) is 106 Å². The minimum absolute atomic E-state index is 0.0350. The first-order valence-electron chi connectivity index (χ1n) is 25.2. The summed E-state index contributed by atoms with van der Waals surface area (Å²) in [5.74, 6) is -1.56. The second-order valence-corrected chi connectivity index (χ2v) is 44.2. The molecule has 1 aliphatic carbocycles. The first-order valence-corrected chi connectivity index (χ1v) is 37.8. The van der Waals surface area contributed by atoms with Gasteiger partial charge in [0, 0.05) is 31.1 Å². The highest BCUT2D eigenvalue weighted by Gasteiger charge is 2.64. The van der Waals surface area contributed by atoms with Crippen LogP contribution in [-0.4, -0.2) is 100.0 Å². The van der Waals surface area contributed by atoms with Crippen molar-refractivity contribution >= 4 is 39.2 Å². The van der Waals surface area contributed by atoms with Gasteiger partial charge in [0.2, 0.25) is 0 Å². The van der Waals surface area contributed by atoms with Gasteiger partial charge in [0.05, 0.1) is 37.1 Å². The van der Waals surface area contributed by atoms with Gasteiger partial charge in [0.1, 0.15) is 23.7 Å². The number of rotatable bonds is 10. The molecule has 2 bridgehead atoms. The van der Waals surface area contributed by atoms with Crippen LogP contribution in [0.15, 0.2) is 47.1 Å². The molecule has 3 fully saturated rings. The highest BCUT2D eigenvalue weighted by atomic mass is 28.4. The number of allylic oxidation sites excluding steroid dienone is 2. The molecule has 0 N–H and O–H groups in total. The fourth-order valence-electron chi connectivity index (χ4n) is 10.1. The maximum absolute atomic E-state index is 15.5. The summed E-state index contributed by atoms with van der Waals surface area (Å²) in [6, 6.07) is 0. The normalized spacial score (nSPS) is 38.5. The molecule has 1 unspecified atom stereocenters. The molecule has 0 aromatic rings. The smallest absolute Gasteiger partial charge is 0.316 e. The van der Waals surface area contributed by atoms with Crippen molar-refractivity contribution in [2.45, 2.75) is 245 Å². The van der Waals surface area contributed by atoms with Crippen molar-refractivity contribution in [3.63, 3.8) is 0 Å². The number of fused-ring (bicyclic) bond motifs is 2. The molecule has 0 amide bonds. The molecule has 0 radical (unpaired) electrons. The highest BCUT2D eigenvalue weighted by Crippen LogP contribution is 2.53. The van der Waals surface area contributed by atoms with Gasteiger partial charge in [-0.05, 0) is 118 Å². The Hall–Kier alpha value is -0.982. The number of hydrogen-bond acceptors (Lipinski definition) is 9. The third kappa shape index (κ3) is 12.3. The van der Waals surface area contributed by atoms with Crippen molar-refractivity contribution in [1.29, 1.82) is 0 Å². The van der Waals surface area contributed by atoms with Gasteiger partial charge in [0.15, 0.2) is 39.1 Å². The van der Waals surface area contributed by atoms with Crippen molar-refractivity contribution in [2.75, 3.05) is 6.61 Å². The Kier molecular flexibility index (Phi) is 16.6.